The summed E-state index contributed by atoms with van der Waals surface area (Å²) in [5.74, 6) is 2.96. The molecule has 208 valence electrons. The van der Waals surface area contributed by atoms with Crippen molar-refractivity contribution >= 4 is 6.09 Å². The number of pyridine rings is 1. The van der Waals surface area contributed by atoms with Gasteiger partial charge in [-0.25, -0.2) is 14.5 Å². The van der Waals surface area contributed by atoms with Crippen LogP contribution in [0.25, 0.3) is 5.82 Å². The molecule has 0 aliphatic heterocycles. The van der Waals surface area contributed by atoms with Crippen molar-refractivity contribution < 1.29 is 19.0 Å². The highest BCUT2D eigenvalue weighted by atomic mass is 16.6. The van der Waals surface area contributed by atoms with Gasteiger partial charge < -0.3 is 19.5 Å². The summed E-state index contributed by atoms with van der Waals surface area (Å²) in [5, 5.41) is 7.01. The Labute approximate surface area is 235 Å². The lowest BCUT2D eigenvalue weighted by molar-refractivity contribution is -0.0243. The van der Waals surface area contributed by atoms with Crippen LogP contribution in [0, 0.1) is 0 Å². The summed E-state index contributed by atoms with van der Waals surface area (Å²) >= 11 is 0. The number of hydrogen-bond acceptors (Lipinski definition) is 6. The van der Waals surface area contributed by atoms with E-state index in [2.05, 4.69) is 53.5 Å². The molecule has 2 heterocycles. The normalized spacial score (nSPS) is 17.0. The summed E-state index contributed by atoms with van der Waals surface area (Å²) in [7, 11) is 0. The molecule has 2 aromatic carbocycles. The first-order valence-corrected chi connectivity index (χ1v) is 13.6. The fraction of sp³-hybridized carbons (Fsp3) is 0.344. The highest BCUT2D eigenvalue weighted by molar-refractivity contribution is 5.68. The molecule has 8 heteroatoms. The second-order valence-corrected chi connectivity index (χ2v) is 11.7. The summed E-state index contributed by atoms with van der Waals surface area (Å²) in [6.45, 7) is 10.2. The van der Waals surface area contributed by atoms with Crippen LogP contribution in [0.2, 0.25) is 0 Å². The molecule has 0 radical (unpaired) electrons. The number of nitrogens with one attached hydrogen (secondary N) is 1. The quantitative estimate of drug-likeness (QED) is 0.264. The van der Waals surface area contributed by atoms with Gasteiger partial charge in [0.15, 0.2) is 5.82 Å². The van der Waals surface area contributed by atoms with Crippen molar-refractivity contribution in [2.75, 3.05) is 0 Å². The molecular weight excluding hydrogens is 504 g/mol. The van der Waals surface area contributed by atoms with Crippen LogP contribution in [0.1, 0.15) is 58.6 Å². The number of aromatic nitrogens is 3. The minimum absolute atomic E-state index is 0.0517. The van der Waals surface area contributed by atoms with Crippen molar-refractivity contribution in [3.63, 3.8) is 0 Å². The standard InChI is InChI=1S/C32H36N4O4/c1-31(2,3)35-30(37)40-28-19-27(20-28)39-25-13-9-23(10-14-25)32(4,5)22-7-11-24(12-8-22)38-26-15-16-29(33-21-26)36-18-6-17-34-36/h6-18,21,27-28H,19-20H2,1-5H3,(H,35,37). The zero-order chi connectivity index (χ0) is 28.3. The molecule has 2 aromatic heterocycles. The first-order valence-electron chi connectivity index (χ1n) is 13.6. The molecule has 8 nitrogen and oxygen atoms in total. The van der Waals surface area contributed by atoms with Crippen LogP contribution in [0.4, 0.5) is 4.79 Å². The van der Waals surface area contributed by atoms with E-state index in [9.17, 15) is 4.79 Å². The summed E-state index contributed by atoms with van der Waals surface area (Å²) in [6.07, 6.45) is 6.23. The average molecular weight is 541 g/mol. The van der Waals surface area contributed by atoms with Crippen molar-refractivity contribution in [1.82, 2.24) is 20.1 Å². The number of rotatable bonds is 8. The zero-order valence-electron chi connectivity index (χ0n) is 23.6. The van der Waals surface area contributed by atoms with Crippen LogP contribution < -0.4 is 14.8 Å². The predicted octanol–water partition coefficient (Wildman–Crippen LogP) is 6.82. The van der Waals surface area contributed by atoms with Crippen LogP contribution in [-0.4, -0.2) is 38.6 Å². The minimum atomic E-state index is -0.376. The summed E-state index contributed by atoms with van der Waals surface area (Å²) in [5.41, 5.74) is 1.84. The maximum absolute atomic E-state index is 11.9. The van der Waals surface area contributed by atoms with Crippen LogP contribution in [-0.2, 0) is 10.2 Å². The van der Waals surface area contributed by atoms with E-state index in [1.54, 1.807) is 17.1 Å². The number of benzene rings is 2. The third-order valence-electron chi connectivity index (χ3n) is 6.95. The van der Waals surface area contributed by atoms with E-state index in [0.29, 0.717) is 18.6 Å². The lowest BCUT2D eigenvalue weighted by Gasteiger charge is -2.35. The van der Waals surface area contributed by atoms with E-state index in [1.807, 2.05) is 69.4 Å². The largest absolute Gasteiger partial charge is 0.490 e. The van der Waals surface area contributed by atoms with Gasteiger partial charge >= 0.3 is 6.09 Å². The Kier molecular flexibility index (Phi) is 7.52. The molecule has 4 aromatic rings. The van der Waals surface area contributed by atoms with Crippen molar-refractivity contribution in [1.29, 1.82) is 0 Å². The smallest absolute Gasteiger partial charge is 0.407 e. The number of ether oxygens (including phenoxy) is 3. The highest BCUT2D eigenvalue weighted by Gasteiger charge is 2.34. The number of hydrogen-bond donors (Lipinski definition) is 1. The van der Waals surface area contributed by atoms with Crippen LogP contribution >= 0.6 is 0 Å². The van der Waals surface area contributed by atoms with Gasteiger partial charge in [-0.3, -0.25) is 0 Å². The third kappa shape index (κ3) is 6.62. The van der Waals surface area contributed by atoms with E-state index in [0.717, 1.165) is 17.3 Å². The van der Waals surface area contributed by atoms with Crippen molar-refractivity contribution in [2.45, 2.75) is 70.6 Å². The minimum Gasteiger partial charge on any atom is -0.490 e. The van der Waals surface area contributed by atoms with Gasteiger partial charge in [0, 0.05) is 36.2 Å². The molecule has 1 N–H and O–H groups in total. The van der Waals surface area contributed by atoms with Gasteiger partial charge in [-0.15, -0.1) is 0 Å². The second-order valence-electron chi connectivity index (χ2n) is 11.7. The molecule has 0 saturated heterocycles. The first kappa shape index (κ1) is 27.2. The molecule has 1 aliphatic carbocycles. The summed E-state index contributed by atoms with van der Waals surface area (Å²) in [4.78, 5) is 16.4. The third-order valence-corrected chi connectivity index (χ3v) is 6.95. The Morgan fingerprint density at radius 2 is 1.48 bits per heavy atom. The highest BCUT2D eigenvalue weighted by Crippen LogP contribution is 2.35. The van der Waals surface area contributed by atoms with E-state index in [1.165, 1.54) is 11.1 Å². The van der Waals surface area contributed by atoms with E-state index in [-0.39, 0.29) is 29.3 Å². The number of carbonyl (C=O) groups is 1. The lowest BCUT2D eigenvalue weighted by atomic mass is 9.78. The van der Waals surface area contributed by atoms with Crippen molar-refractivity contribution in [2.24, 2.45) is 0 Å². The van der Waals surface area contributed by atoms with Gasteiger partial charge in [-0.2, -0.15) is 5.10 Å². The molecule has 1 amide bonds. The van der Waals surface area contributed by atoms with Crippen LogP contribution in [0.15, 0.2) is 85.3 Å². The Balaban J connectivity index is 1.13. The van der Waals surface area contributed by atoms with Crippen LogP contribution in [0.3, 0.4) is 0 Å². The van der Waals surface area contributed by atoms with Gasteiger partial charge in [0.1, 0.15) is 29.5 Å². The topological polar surface area (TPSA) is 87.5 Å². The molecule has 0 bridgehead atoms. The Hall–Kier alpha value is -4.33. The van der Waals surface area contributed by atoms with Gasteiger partial charge in [-0.1, -0.05) is 38.1 Å². The van der Waals surface area contributed by atoms with Crippen LogP contribution in [0.5, 0.6) is 17.2 Å². The molecule has 0 spiro atoms. The fourth-order valence-corrected chi connectivity index (χ4v) is 4.55. The lowest BCUT2D eigenvalue weighted by Crippen LogP contribution is -2.46. The average Bonchev–Trinajstić information content (AvgIpc) is 3.43. The molecule has 0 unspecified atom stereocenters. The van der Waals surface area contributed by atoms with E-state index in [4.69, 9.17) is 14.2 Å². The molecule has 1 saturated carbocycles. The molecule has 5 rings (SSSR count). The van der Waals surface area contributed by atoms with E-state index < -0.39 is 0 Å². The maximum atomic E-state index is 11.9. The SMILES string of the molecule is CC(C)(C)NC(=O)OC1CC(Oc2ccc(C(C)(C)c3ccc(Oc4ccc(-n5cccn5)nc4)cc3)cc2)C1. The first-order chi connectivity index (χ1) is 19.0. The monoisotopic (exact) mass is 540 g/mol. The van der Waals surface area contributed by atoms with Crippen molar-refractivity contribution in [3.05, 3.63) is 96.4 Å². The van der Waals surface area contributed by atoms with Gasteiger partial charge in [0.05, 0.1) is 6.20 Å². The van der Waals surface area contributed by atoms with Gasteiger partial charge in [0.25, 0.3) is 0 Å². The Morgan fingerprint density at radius 1 is 0.850 bits per heavy atom. The van der Waals surface area contributed by atoms with Gasteiger partial charge in [-0.05, 0) is 74.4 Å². The number of amides is 1. The number of nitrogens with zero attached hydrogens (tertiary/aromatic N) is 3. The number of carbonyl (C=O) groups excluding carboxylic acids is 1. The Bertz CT molecular complexity index is 1400. The molecule has 0 atom stereocenters. The molecule has 40 heavy (non-hydrogen) atoms. The Morgan fingerprint density at radius 3 is 2.02 bits per heavy atom. The number of alkyl carbamates (subject to hydrolysis) is 1. The molecule has 1 aliphatic rings. The second kappa shape index (κ2) is 11.0. The fourth-order valence-electron chi connectivity index (χ4n) is 4.55. The van der Waals surface area contributed by atoms with Gasteiger partial charge in [0.2, 0.25) is 0 Å². The summed E-state index contributed by atoms with van der Waals surface area (Å²) < 4.78 is 19.3. The molecular formula is C32H36N4O4. The van der Waals surface area contributed by atoms with E-state index >= 15 is 0 Å². The molecule has 1 fully saturated rings. The zero-order valence-corrected chi connectivity index (χ0v) is 23.6. The maximum Gasteiger partial charge on any atom is 0.407 e. The van der Waals surface area contributed by atoms with Crippen molar-refractivity contribution in [3.8, 4) is 23.1 Å². The predicted molar refractivity (Wildman–Crippen MR) is 153 cm³/mol. The summed E-state index contributed by atoms with van der Waals surface area (Å²) in [6, 6.07) is 22.0.